The van der Waals surface area contributed by atoms with Crippen molar-refractivity contribution in [1.82, 2.24) is 9.97 Å². The molecule has 0 bridgehead atoms. The van der Waals surface area contributed by atoms with Gasteiger partial charge in [-0.3, -0.25) is 4.98 Å². The molecule has 0 aliphatic heterocycles. The standard InChI is InChI=1S/C16H21N3O/c1-2-8-18-16-13-15(7-11-19-16)20-12-3-4-14-5-9-17-10-6-14/h5-7,9-11,13H,2-4,8,12H2,1H3,(H,18,19). The normalized spacial score (nSPS) is 10.2. The fourth-order valence-corrected chi connectivity index (χ4v) is 1.87. The van der Waals surface area contributed by atoms with Crippen molar-refractivity contribution in [1.29, 1.82) is 0 Å². The molecule has 2 aromatic heterocycles. The highest BCUT2D eigenvalue weighted by molar-refractivity contribution is 5.40. The molecular formula is C16H21N3O. The van der Waals surface area contributed by atoms with Crippen molar-refractivity contribution in [2.24, 2.45) is 0 Å². The molecule has 0 fully saturated rings. The van der Waals surface area contributed by atoms with E-state index in [2.05, 4.69) is 22.2 Å². The predicted molar refractivity (Wildman–Crippen MR) is 81.1 cm³/mol. The van der Waals surface area contributed by atoms with Crippen LogP contribution in [-0.2, 0) is 6.42 Å². The van der Waals surface area contributed by atoms with Gasteiger partial charge in [0, 0.05) is 31.2 Å². The van der Waals surface area contributed by atoms with Crippen LogP contribution in [0.15, 0.2) is 42.9 Å². The van der Waals surface area contributed by atoms with Crippen LogP contribution in [0.25, 0.3) is 0 Å². The largest absolute Gasteiger partial charge is 0.493 e. The minimum atomic E-state index is 0.708. The second-order valence-corrected chi connectivity index (χ2v) is 4.61. The van der Waals surface area contributed by atoms with Crippen LogP contribution in [0.3, 0.4) is 0 Å². The second kappa shape index (κ2) is 8.15. The molecule has 2 aromatic rings. The lowest BCUT2D eigenvalue weighted by atomic mass is 10.1. The van der Waals surface area contributed by atoms with Crippen molar-refractivity contribution >= 4 is 5.82 Å². The Kier molecular flexibility index (Phi) is 5.83. The third kappa shape index (κ3) is 4.88. The molecule has 0 amide bonds. The molecule has 4 heteroatoms. The lowest BCUT2D eigenvalue weighted by Crippen LogP contribution is -2.03. The van der Waals surface area contributed by atoms with E-state index in [-0.39, 0.29) is 0 Å². The van der Waals surface area contributed by atoms with Gasteiger partial charge in [0.1, 0.15) is 11.6 Å². The number of hydrogen-bond donors (Lipinski definition) is 1. The van der Waals surface area contributed by atoms with Gasteiger partial charge in [0.25, 0.3) is 0 Å². The van der Waals surface area contributed by atoms with Crippen molar-refractivity contribution in [2.75, 3.05) is 18.5 Å². The molecule has 2 heterocycles. The monoisotopic (exact) mass is 271 g/mol. The first kappa shape index (κ1) is 14.3. The summed E-state index contributed by atoms with van der Waals surface area (Å²) in [6.45, 7) is 3.77. The number of ether oxygens (including phenoxy) is 1. The minimum absolute atomic E-state index is 0.708. The Morgan fingerprint density at radius 3 is 2.80 bits per heavy atom. The van der Waals surface area contributed by atoms with E-state index >= 15 is 0 Å². The molecule has 0 aliphatic rings. The fourth-order valence-electron chi connectivity index (χ4n) is 1.87. The molecule has 0 aliphatic carbocycles. The van der Waals surface area contributed by atoms with E-state index in [1.807, 2.05) is 36.7 Å². The SMILES string of the molecule is CCCNc1cc(OCCCc2ccncc2)ccn1. The van der Waals surface area contributed by atoms with Crippen LogP contribution < -0.4 is 10.1 Å². The van der Waals surface area contributed by atoms with E-state index in [1.165, 1.54) is 5.56 Å². The topological polar surface area (TPSA) is 47.0 Å². The minimum Gasteiger partial charge on any atom is -0.493 e. The van der Waals surface area contributed by atoms with Gasteiger partial charge < -0.3 is 10.1 Å². The van der Waals surface area contributed by atoms with Crippen molar-refractivity contribution in [2.45, 2.75) is 26.2 Å². The number of anilines is 1. The Bertz CT molecular complexity index is 502. The summed E-state index contributed by atoms with van der Waals surface area (Å²) in [7, 11) is 0. The molecule has 106 valence electrons. The quantitative estimate of drug-likeness (QED) is 0.748. The van der Waals surface area contributed by atoms with Crippen LogP contribution in [-0.4, -0.2) is 23.1 Å². The number of aryl methyl sites for hydroxylation is 1. The van der Waals surface area contributed by atoms with Gasteiger partial charge in [-0.2, -0.15) is 0 Å². The molecule has 0 saturated carbocycles. The summed E-state index contributed by atoms with van der Waals surface area (Å²) in [5, 5.41) is 3.25. The molecule has 0 saturated heterocycles. The Morgan fingerprint density at radius 2 is 2.00 bits per heavy atom. The van der Waals surface area contributed by atoms with E-state index in [4.69, 9.17) is 4.74 Å². The highest BCUT2D eigenvalue weighted by Crippen LogP contribution is 2.15. The molecule has 0 radical (unpaired) electrons. The zero-order valence-electron chi connectivity index (χ0n) is 11.9. The smallest absolute Gasteiger partial charge is 0.129 e. The van der Waals surface area contributed by atoms with Gasteiger partial charge in [0.15, 0.2) is 0 Å². The van der Waals surface area contributed by atoms with Crippen LogP contribution in [0.2, 0.25) is 0 Å². The van der Waals surface area contributed by atoms with Crippen LogP contribution in [0.5, 0.6) is 5.75 Å². The number of aromatic nitrogens is 2. The maximum absolute atomic E-state index is 5.75. The molecule has 0 aromatic carbocycles. The maximum atomic E-state index is 5.75. The number of pyridine rings is 2. The van der Waals surface area contributed by atoms with Crippen molar-refractivity contribution in [3.05, 3.63) is 48.4 Å². The zero-order valence-corrected chi connectivity index (χ0v) is 11.9. The Morgan fingerprint density at radius 1 is 1.15 bits per heavy atom. The summed E-state index contributed by atoms with van der Waals surface area (Å²) in [6, 6.07) is 7.92. The number of hydrogen-bond acceptors (Lipinski definition) is 4. The van der Waals surface area contributed by atoms with Crippen LogP contribution in [0.4, 0.5) is 5.82 Å². The molecule has 1 N–H and O–H groups in total. The van der Waals surface area contributed by atoms with Crippen molar-refractivity contribution in [3.63, 3.8) is 0 Å². The van der Waals surface area contributed by atoms with E-state index in [9.17, 15) is 0 Å². The second-order valence-electron chi connectivity index (χ2n) is 4.61. The van der Waals surface area contributed by atoms with E-state index in [0.717, 1.165) is 37.4 Å². The van der Waals surface area contributed by atoms with E-state index in [1.54, 1.807) is 6.20 Å². The van der Waals surface area contributed by atoms with Crippen molar-refractivity contribution in [3.8, 4) is 5.75 Å². The average molecular weight is 271 g/mol. The first-order valence-corrected chi connectivity index (χ1v) is 7.10. The Labute approximate surface area is 120 Å². The molecule has 0 atom stereocenters. The number of rotatable bonds is 8. The molecule has 20 heavy (non-hydrogen) atoms. The van der Waals surface area contributed by atoms with Gasteiger partial charge in [-0.05, 0) is 43.0 Å². The predicted octanol–water partition coefficient (Wildman–Crippen LogP) is 3.31. The van der Waals surface area contributed by atoms with Gasteiger partial charge in [0.05, 0.1) is 6.61 Å². The third-order valence-corrected chi connectivity index (χ3v) is 2.92. The zero-order chi connectivity index (χ0) is 14.0. The summed E-state index contributed by atoms with van der Waals surface area (Å²) >= 11 is 0. The molecule has 4 nitrogen and oxygen atoms in total. The highest BCUT2D eigenvalue weighted by Gasteiger charge is 1.98. The number of nitrogens with one attached hydrogen (secondary N) is 1. The summed E-state index contributed by atoms with van der Waals surface area (Å²) in [4.78, 5) is 8.26. The first-order valence-electron chi connectivity index (χ1n) is 7.10. The summed E-state index contributed by atoms with van der Waals surface area (Å²) < 4.78 is 5.75. The summed E-state index contributed by atoms with van der Waals surface area (Å²) in [5.74, 6) is 1.74. The van der Waals surface area contributed by atoms with Gasteiger partial charge >= 0.3 is 0 Å². The Hall–Kier alpha value is -2.10. The molecule has 0 spiro atoms. The van der Waals surface area contributed by atoms with Gasteiger partial charge in [0.2, 0.25) is 0 Å². The summed E-state index contributed by atoms with van der Waals surface area (Å²) in [6.07, 6.45) is 8.50. The highest BCUT2D eigenvalue weighted by atomic mass is 16.5. The van der Waals surface area contributed by atoms with Crippen LogP contribution >= 0.6 is 0 Å². The molecule has 2 rings (SSSR count). The van der Waals surface area contributed by atoms with E-state index < -0.39 is 0 Å². The third-order valence-electron chi connectivity index (χ3n) is 2.92. The lowest BCUT2D eigenvalue weighted by Gasteiger charge is -2.08. The van der Waals surface area contributed by atoms with Crippen LogP contribution in [0.1, 0.15) is 25.3 Å². The lowest BCUT2D eigenvalue weighted by molar-refractivity contribution is 0.311. The van der Waals surface area contributed by atoms with E-state index in [0.29, 0.717) is 6.61 Å². The summed E-state index contributed by atoms with van der Waals surface area (Å²) in [5.41, 5.74) is 1.30. The van der Waals surface area contributed by atoms with Gasteiger partial charge in [-0.15, -0.1) is 0 Å². The molecule has 0 unspecified atom stereocenters. The van der Waals surface area contributed by atoms with Gasteiger partial charge in [-0.25, -0.2) is 4.98 Å². The number of nitrogens with zero attached hydrogens (tertiary/aromatic N) is 2. The van der Waals surface area contributed by atoms with Crippen LogP contribution in [0, 0.1) is 0 Å². The maximum Gasteiger partial charge on any atom is 0.129 e. The van der Waals surface area contributed by atoms with Gasteiger partial charge in [-0.1, -0.05) is 6.92 Å². The Balaban J connectivity index is 1.73. The first-order chi connectivity index (χ1) is 9.88. The van der Waals surface area contributed by atoms with Crippen molar-refractivity contribution < 1.29 is 4.74 Å². The fraction of sp³-hybridized carbons (Fsp3) is 0.375. The average Bonchev–Trinajstić information content (AvgIpc) is 2.51. The molecular weight excluding hydrogens is 250 g/mol.